The summed E-state index contributed by atoms with van der Waals surface area (Å²) in [5, 5.41) is 9.85. The molecule has 2 aliphatic rings. The highest BCUT2D eigenvalue weighted by atomic mass is 16.5. The van der Waals surface area contributed by atoms with Gasteiger partial charge in [-0.05, 0) is 44.9 Å². The molecular formula is C18H28N2O2. The lowest BCUT2D eigenvalue weighted by Gasteiger charge is -2.42. The van der Waals surface area contributed by atoms with Crippen LogP contribution in [0.3, 0.4) is 0 Å². The molecule has 2 saturated heterocycles. The first-order valence-electron chi connectivity index (χ1n) is 8.43. The van der Waals surface area contributed by atoms with Crippen molar-refractivity contribution >= 4 is 0 Å². The van der Waals surface area contributed by atoms with Gasteiger partial charge < -0.3 is 9.84 Å². The summed E-state index contributed by atoms with van der Waals surface area (Å²) in [4.78, 5) is 4.99. The van der Waals surface area contributed by atoms with Gasteiger partial charge in [-0.3, -0.25) is 9.80 Å². The molecule has 4 nitrogen and oxygen atoms in total. The first-order chi connectivity index (χ1) is 10.5. The van der Waals surface area contributed by atoms with E-state index in [9.17, 15) is 5.11 Å². The lowest BCUT2D eigenvalue weighted by atomic mass is 10.1. The Labute approximate surface area is 133 Å². The van der Waals surface area contributed by atoms with E-state index in [-0.39, 0.29) is 12.2 Å². The van der Waals surface area contributed by atoms with Gasteiger partial charge in [0.15, 0.2) is 0 Å². The second-order valence-electron chi connectivity index (χ2n) is 7.09. The molecule has 0 bridgehead atoms. The Morgan fingerprint density at radius 3 is 2.59 bits per heavy atom. The third-order valence-corrected chi connectivity index (χ3v) is 4.75. The number of aliphatic hydroxyl groups is 1. The van der Waals surface area contributed by atoms with Gasteiger partial charge in [0.05, 0.1) is 12.2 Å². The Balaban J connectivity index is 1.60. The normalized spacial score (nSPS) is 29.8. The number of hydrogen-bond acceptors (Lipinski definition) is 4. The molecule has 1 N–H and O–H groups in total. The van der Waals surface area contributed by atoms with Crippen LogP contribution in [0.4, 0.5) is 0 Å². The van der Waals surface area contributed by atoms with Crippen molar-refractivity contribution in [2.75, 3.05) is 19.6 Å². The summed E-state index contributed by atoms with van der Waals surface area (Å²) in [5.41, 5.74) is 1.33. The molecule has 1 aromatic rings. The van der Waals surface area contributed by atoms with Crippen LogP contribution >= 0.6 is 0 Å². The van der Waals surface area contributed by atoms with E-state index in [0.29, 0.717) is 12.1 Å². The largest absolute Gasteiger partial charge is 0.491 e. The highest BCUT2D eigenvalue weighted by molar-refractivity contribution is 5.27. The Kier molecular flexibility index (Phi) is 4.71. The number of aliphatic hydroxyl groups excluding tert-OH is 1. The van der Waals surface area contributed by atoms with Crippen molar-refractivity contribution in [2.24, 2.45) is 0 Å². The molecule has 0 radical (unpaired) electrons. The molecule has 4 heteroatoms. The average molecular weight is 304 g/mol. The number of fused-ring (bicyclic) bond motifs is 1. The Morgan fingerprint density at radius 2 is 1.91 bits per heavy atom. The Bertz CT molecular complexity index is 488. The van der Waals surface area contributed by atoms with Gasteiger partial charge in [0.2, 0.25) is 0 Å². The summed E-state index contributed by atoms with van der Waals surface area (Å²) in [6.45, 7) is 10.3. The van der Waals surface area contributed by atoms with Crippen molar-refractivity contribution in [3.8, 4) is 5.75 Å². The molecule has 22 heavy (non-hydrogen) atoms. The van der Waals surface area contributed by atoms with Gasteiger partial charge >= 0.3 is 0 Å². The molecule has 122 valence electrons. The number of rotatable bonds is 4. The zero-order chi connectivity index (χ0) is 15.7. The molecule has 0 aromatic heterocycles. The number of nitrogens with zero attached hydrogens (tertiary/aromatic N) is 2. The maximum atomic E-state index is 9.85. The summed E-state index contributed by atoms with van der Waals surface area (Å²) in [6, 6.07) is 9.52. The summed E-state index contributed by atoms with van der Waals surface area (Å²) in [5.74, 6) is 0.940. The summed E-state index contributed by atoms with van der Waals surface area (Å²) in [6.07, 6.45) is 1.00. The fraction of sp³-hybridized carbons (Fsp3) is 0.667. The van der Waals surface area contributed by atoms with E-state index in [4.69, 9.17) is 4.74 Å². The van der Waals surface area contributed by atoms with Crippen LogP contribution in [-0.4, -0.2) is 58.8 Å². The first kappa shape index (κ1) is 15.8. The topological polar surface area (TPSA) is 35.9 Å². The van der Waals surface area contributed by atoms with E-state index in [0.717, 1.165) is 38.3 Å². The number of benzene rings is 1. The smallest absolute Gasteiger partial charge is 0.119 e. The molecular weight excluding hydrogens is 276 g/mol. The van der Waals surface area contributed by atoms with Crippen LogP contribution in [0.2, 0.25) is 0 Å². The van der Waals surface area contributed by atoms with E-state index >= 15 is 0 Å². The van der Waals surface area contributed by atoms with Gasteiger partial charge in [0.1, 0.15) is 5.75 Å². The quantitative estimate of drug-likeness (QED) is 0.924. The maximum Gasteiger partial charge on any atom is 0.119 e. The lowest BCUT2D eigenvalue weighted by molar-refractivity contribution is 0.0528. The van der Waals surface area contributed by atoms with E-state index in [1.807, 2.05) is 13.8 Å². The lowest BCUT2D eigenvalue weighted by Crippen LogP contribution is -2.54. The molecule has 2 fully saturated rings. The maximum absolute atomic E-state index is 9.85. The highest BCUT2D eigenvalue weighted by Gasteiger charge is 2.37. The number of piperazine rings is 1. The van der Waals surface area contributed by atoms with Crippen molar-refractivity contribution in [2.45, 2.75) is 58.0 Å². The summed E-state index contributed by atoms with van der Waals surface area (Å²) < 4.78 is 5.70. The minimum Gasteiger partial charge on any atom is -0.491 e. The van der Waals surface area contributed by atoms with Crippen molar-refractivity contribution < 1.29 is 9.84 Å². The minimum atomic E-state index is -0.135. The molecule has 0 spiro atoms. The molecule has 3 rings (SSSR count). The molecule has 0 saturated carbocycles. The van der Waals surface area contributed by atoms with Crippen LogP contribution in [0.1, 0.15) is 32.8 Å². The van der Waals surface area contributed by atoms with Gasteiger partial charge in [-0.1, -0.05) is 12.1 Å². The molecule has 2 aliphatic heterocycles. The second kappa shape index (κ2) is 6.57. The van der Waals surface area contributed by atoms with Crippen LogP contribution < -0.4 is 4.74 Å². The van der Waals surface area contributed by atoms with Crippen LogP contribution in [0, 0.1) is 0 Å². The zero-order valence-electron chi connectivity index (χ0n) is 13.9. The van der Waals surface area contributed by atoms with Gasteiger partial charge in [-0.15, -0.1) is 0 Å². The number of ether oxygens (including phenoxy) is 1. The summed E-state index contributed by atoms with van der Waals surface area (Å²) >= 11 is 0. The second-order valence-corrected chi connectivity index (χ2v) is 7.09. The molecule has 0 aliphatic carbocycles. The fourth-order valence-corrected chi connectivity index (χ4v) is 3.68. The molecule has 0 amide bonds. The third-order valence-electron chi connectivity index (χ3n) is 4.75. The Hall–Kier alpha value is -1.10. The molecule has 3 atom stereocenters. The van der Waals surface area contributed by atoms with Gasteiger partial charge in [-0.2, -0.15) is 0 Å². The van der Waals surface area contributed by atoms with Crippen LogP contribution in [-0.2, 0) is 6.54 Å². The van der Waals surface area contributed by atoms with Gasteiger partial charge in [-0.25, -0.2) is 0 Å². The van der Waals surface area contributed by atoms with Crippen molar-refractivity contribution in [1.29, 1.82) is 0 Å². The van der Waals surface area contributed by atoms with E-state index in [1.165, 1.54) is 5.56 Å². The predicted octanol–water partition coefficient (Wildman–Crippen LogP) is 2.11. The SMILES string of the molecule is CC(C)Oc1ccc(CN2C[C@H]3C[C@@H](O)CN3C[C@@H]2C)cc1. The van der Waals surface area contributed by atoms with Gasteiger partial charge in [0, 0.05) is 38.3 Å². The van der Waals surface area contributed by atoms with Crippen LogP contribution in [0.15, 0.2) is 24.3 Å². The van der Waals surface area contributed by atoms with Crippen molar-refractivity contribution in [1.82, 2.24) is 9.80 Å². The van der Waals surface area contributed by atoms with E-state index < -0.39 is 0 Å². The average Bonchev–Trinajstić information content (AvgIpc) is 2.80. The monoisotopic (exact) mass is 304 g/mol. The van der Waals surface area contributed by atoms with E-state index in [1.54, 1.807) is 0 Å². The molecule has 0 unspecified atom stereocenters. The standard InChI is InChI=1S/C18H28N2O2/c1-13(2)22-18-6-4-15(5-7-18)10-19-11-16-8-17(21)12-20(16)9-14(19)3/h4-7,13-14,16-17,21H,8-12H2,1-3H3/t14-,16+,17+/m0/s1. The van der Waals surface area contributed by atoms with Gasteiger partial charge in [0.25, 0.3) is 0 Å². The number of hydrogen-bond donors (Lipinski definition) is 1. The predicted molar refractivity (Wildman–Crippen MR) is 88.1 cm³/mol. The van der Waals surface area contributed by atoms with Crippen molar-refractivity contribution in [3.63, 3.8) is 0 Å². The Morgan fingerprint density at radius 1 is 1.18 bits per heavy atom. The molecule has 2 heterocycles. The highest BCUT2D eigenvalue weighted by Crippen LogP contribution is 2.26. The zero-order valence-corrected chi connectivity index (χ0v) is 13.9. The minimum absolute atomic E-state index is 0.135. The third kappa shape index (κ3) is 3.62. The van der Waals surface area contributed by atoms with Crippen molar-refractivity contribution in [3.05, 3.63) is 29.8 Å². The summed E-state index contributed by atoms with van der Waals surface area (Å²) in [7, 11) is 0. The van der Waals surface area contributed by atoms with E-state index in [2.05, 4.69) is 41.0 Å². The fourth-order valence-electron chi connectivity index (χ4n) is 3.68. The van der Waals surface area contributed by atoms with Crippen LogP contribution in [0.25, 0.3) is 0 Å². The molecule has 1 aromatic carbocycles. The van der Waals surface area contributed by atoms with Crippen LogP contribution in [0.5, 0.6) is 5.75 Å². The first-order valence-corrected chi connectivity index (χ1v) is 8.43.